The first kappa shape index (κ1) is 10.3. The first-order valence-corrected chi connectivity index (χ1v) is 5.79. The molecule has 15 heavy (non-hydrogen) atoms. The maximum atomic E-state index is 4.99. The Labute approximate surface area is 97.4 Å². The zero-order chi connectivity index (χ0) is 10.7. The van der Waals surface area contributed by atoms with E-state index >= 15 is 0 Å². The molecule has 5 heteroatoms. The van der Waals surface area contributed by atoms with Gasteiger partial charge in [-0.05, 0) is 17.8 Å². The normalized spacial score (nSPS) is 10.2. The van der Waals surface area contributed by atoms with Crippen LogP contribution < -0.4 is 4.90 Å². The fourth-order valence-corrected chi connectivity index (χ4v) is 2.15. The average Bonchev–Trinajstić information content (AvgIpc) is 2.66. The molecule has 0 aliphatic carbocycles. The van der Waals surface area contributed by atoms with Crippen LogP contribution in [-0.4, -0.2) is 17.2 Å². The van der Waals surface area contributed by atoms with E-state index in [-0.39, 0.29) is 0 Å². The summed E-state index contributed by atoms with van der Waals surface area (Å²) in [6.45, 7) is 0.844. The lowest BCUT2D eigenvalue weighted by Gasteiger charge is -2.14. The van der Waals surface area contributed by atoms with Crippen molar-refractivity contribution in [3.05, 3.63) is 39.8 Å². The molecular weight excluding hydrogens is 226 g/mol. The van der Waals surface area contributed by atoms with Gasteiger partial charge < -0.3 is 4.90 Å². The second kappa shape index (κ2) is 4.55. The topological polar surface area (TPSA) is 31.9 Å². The van der Waals surface area contributed by atoms with Gasteiger partial charge in [-0.25, -0.2) is 0 Å². The first-order chi connectivity index (χ1) is 7.25. The third-order valence-electron chi connectivity index (χ3n) is 2.02. The largest absolute Gasteiger partial charge is 0.345 e. The average molecular weight is 237 g/mol. The third kappa shape index (κ3) is 2.64. The lowest BCUT2D eigenvalue weighted by Crippen LogP contribution is -2.15. The van der Waals surface area contributed by atoms with Crippen molar-refractivity contribution in [3.8, 4) is 0 Å². The first-order valence-electron chi connectivity index (χ1n) is 4.56. The summed E-state index contributed by atoms with van der Waals surface area (Å²) in [4.78, 5) is 2.08. The molecule has 0 atom stereocenters. The molecule has 1 heterocycles. The number of benzene rings is 1. The maximum absolute atomic E-state index is 4.99. The second-order valence-electron chi connectivity index (χ2n) is 3.24. The van der Waals surface area contributed by atoms with Gasteiger partial charge >= 0.3 is 0 Å². The molecule has 0 spiro atoms. The number of aromatic amines is 1. The highest BCUT2D eigenvalue weighted by Crippen LogP contribution is 2.17. The Morgan fingerprint density at radius 3 is 2.73 bits per heavy atom. The minimum absolute atomic E-state index is 0.713. The van der Waals surface area contributed by atoms with E-state index < -0.39 is 0 Å². The highest BCUT2D eigenvalue weighted by molar-refractivity contribution is 7.73. The van der Waals surface area contributed by atoms with Crippen LogP contribution in [0.15, 0.2) is 30.3 Å². The van der Waals surface area contributed by atoms with E-state index in [1.807, 2.05) is 25.2 Å². The molecule has 1 aromatic heterocycles. The Hall–Kier alpha value is -1.20. The molecular formula is C10H11N3S2. The van der Waals surface area contributed by atoms with Crippen LogP contribution in [0.1, 0.15) is 5.56 Å². The Balaban J connectivity index is 2.10. The van der Waals surface area contributed by atoms with E-state index in [4.69, 9.17) is 12.2 Å². The van der Waals surface area contributed by atoms with Crippen LogP contribution in [0.5, 0.6) is 0 Å². The van der Waals surface area contributed by atoms with Crippen LogP contribution in [0.4, 0.5) is 5.13 Å². The van der Waals surface area contributed by atoms with Gasteiger partial charge in [0.15, 0.2) is 3.95 Å². The van der Waals surface area contributed by atoms with E-state index in [0.29, 0.717) is 3.95 Å². The quantitative estimate of drug-likeness (QED) is 0.833. The van der Waals surface area contributed by atoms with Crippen LogP contribution in [0.3, 0.4) is 0 Å². The lowest BCUT2D eigenvalue weighted by atomic mass is 10.2. The minimum Gasteiger partial charge on any atom is -0.345 e. The van der Waals surface area contributed by atoms with E-state index in [1.165, 1.54) is 16.9 Å². The molecule has 0 saturated heterocycles. The number of nitrogens with one attached hydrogen (secondary N) is 1. The van der Waals surface area contributed by atoms with Crippen molar-refractivity contribution in [1.29, 1.82) is 0 Å². The van der Waals surface area contributed by atoms with Gasteiger partial charge in [0.2, 0.25) is 5.13 Å². The highest BCUT2D eigenvalue weighted by atomic mass is 32.1. The van der Waals surface area contributed by atoms with Crippen LogP contribution in [0.25, 0.3) is 0 Å². The predicted molar refractivity (Wildman–Crippen MR) is 65.8 cm³/mol. The van der Waals surface area contributed by atoms with Gasteiger partial charge in [0, 0.05) is 13.6 Å². The molecule has 0 aliphatic rings. The van der Waals surface area contributed by atoms with Gasteiger partial charge in [0.25, 0.3) is 0 Å². The summed E-state index contributed by atoms with van der Waals surface area (Å²) in [5, 5.41) is 7.82. The molecule has 2 aromatic rings. The zero-order valence-corrected chi connectivity index (χ0v) is 9.94. The van der Waals surface area contributed by atoms with Crippen molar-refractivity contribution in [3.63, 3.8) is 0 Å². The molecule has 0 unspecified atom stereocenters. The van der Waals surface area contributed by atoms with Gasteiger partial charge in [0.1, 0.15) is 0 Å². The predicted octanol–water partition coefficient (Wildman–Crippen LogP) is 2.84. The molecule has 2 rings (SSSR count). The summed E-state index contributed by atoms with van der Waals surface area (Å²) in [5.41, 5.74) is 1.26. The molecule has 0 fully saturated rings. The highest BCUT2D eigenvalue weighted by Gasteiger charge is 2.04. The Morgan fingerprint density at radius 1 is 1.40 bits per heavy atom. The molecule has 0 saturated carbocycles. The third-order valence-corrected chi connectivity index (χ3v) is 3.22. The fraction of sp³-hybridized carbons (Fsp3) is 0.200. The molecule has 0 radical (unpaired) electrons. The van der Waals surface area contributed by atoms with Gasteiger partial charge in [-0.2, -0.15) is 0 Å². The summed E-state index contributed by atoms with van der Waals surface area (Å²) in [7, 11) is 2.01. The molecule has 3 nitrogen and oxygen atoms in total. The molecule has 0 amide bonds. The zero-order valence-electron chi connectivity index (χ0n) is 8.30. The van der Waals surface area contributed by atoms with Crippen molar-refractivity contribution in [1.82, 2.24) is 10.2 Å². The Morgan fingerprint density at radius 2 is 2.13 bits per heavy atom. The number of nitrogens with zero attached hydrogens (tertiary/aromatic N) is 2. The molecule has 78 valence electrons. The van der Waals surface area contributed by atoms with Gasteiger partial charge in [-0.1, -0.05) is 41.7 Å². The molecule has 1 aromatic carbocycles. The van der Waals surface area contributed by atoms with Crippen molar-refractivity contribution >= 4 is 28.7 Å². The lowest BCUT2D eigenvalue weighted by molar-refractivity contribution is 0.893. The van der Waals surface area contributed by atoms with E-state index in [0.717, 1.165) is 11.7 Å². The smallest absolute Gasteiger partial charge is 0.206 e. The van der Waals surface area contributed by atoms with Crippen LogP contribution in [-0.2, 0) is 6.54 Å². The fourth-order valence-electron chi connectivity index (χ4n) is 1.31. The number of anilines is 1. The summed E-state index contributed by atoms with van der Waals surface area (Å²) >= 11 is 6.48. The number of hydrogen-bond acceptors (Lipinski definition) is 4. The monoisotopic (exact) mass is 237 g/mol. The number of hydrogen-bond donors (Lipinski definition) is 1. The number of H-pyrrole nitrogens is 1. The van der Waals surface area contributed by atoms with E-state index in [2.05, 4.69) is 27.2 Å². The Bertz CT molecular complexity index is 475. The molecule has 1 N–H and O–H groups in total. The van der Waals surface area contributed by atoms with Crippen LogP contribution in [0, 0.1) is 3.95 Å². The maximum Gasteiger partial charge on any atom is 0.206 e. The van der Waals surface area contributed by atoms with Crippen LogP contribution in [0.2, 0.25) is 0 Å². The summed E-state index contributed by atoms with van der Waals surface area (Å²) in [6.07, 6.45) is 0. The van der Waals surface area contributed by atoms with Gasteiger partial charge in [-0.3, -0.25) is 5.10 Å². The summed E-state index contributed by atoms with van der Waals surface area (Å²) in [6, 6.07) is 10.3. The number of aromatic nitrogens is 2. The second-order valence-corrected chi connectivity index (χ2v) is 4.88. The number of rotatable bonds is 3. The van der Waals surface area contributed by atoms with Crippen LogP contribution >= 0.6 is 23.6 Å². The molecule has 0 aliphatic heterocycles. The SMILES string of the molecule is CN(Cc1ccccc1)c1n[nH]c(=S)s1. The van der Waals surface area contributed by atoms with Gasteiger partial charge in [0.05, 0.1) is 0 Å². The summed E-state index contributed by atoms with van der Waals surface area (Å²) in [5.74, 6) is 0. The van der Waals surface area contributed by atoms with Gasteiger partial charge in [-0.15, -0.1) is 5.10 Å². The van der Waals surface area contributed by atoms with Crippen molar-refractivity contribution in [2.45, 2.75) is 6.54 Å². The summed E-state index contributed by atoms with van der Waals surface area (Å²) < 4.78 is 0.713. The van der Waals surface area contributed by atoms with Crippen molar-refractivity contribution < 1.29 is 0 Å². The minimum atomic E-state index is 0.713. The van der Waals surface area contributed by atoms with Crippen molar-refractivity contribution in [2.75, 3.05) is 11.9 Å². The molecule has 0 bridgehead atoms. The van der Waals surface area contributed by atoms with E-state index in [9.17, 15) is 0 Å². The van der Waals surface area contributed by atoms with E-state index in [1.54, 1.807) is 0 Å². The standard InChI is InChI=1S/C10H11N3S2/c1-13(9-11-12-10(14)15-9)7-8-5-3-2-4-6-8/h2-6H,7H2,1H3,(H,12,14). The van der Waals surface area contributed by atoms with Crippen molar-refractivity contribution in [2.24, 2.45) is 0 Å². The Kier molecular flexibility index (Phi) is 3.13.